The topological polar surface area (TPSA) is 29.5 Å². The normalized spacial score (nSPS) is 32.1. The average molecular weight is 370 g/mol. The van der Waals surface area contributed by atoms with Crippen LogP contribution in [0.3, 0.4) is 0 Å². The molecular formula is C24H35NO2. The first kappa shape index (κ1) is 19.0. The van der Waals surface area contributed by atoms with Gasteiger partial charge in [0.25, 0.3) is 0 Å². The highest BCUT2D eigenvalue weighted by atomic mass is 16.5. The highest BCUT2D eigenvalue weighted by Gasteiger charge is 2.52. The van der Waals surface area contributed by atoms with Gasteiger partial charge in [-0.1, -0.05) is 26.8 Å². The van der Waals surface area contributed by atoms with Crippen molar-refractivity contribution in [3.05, 3.63) is 29.3 Å². The van der Waals surface area contributed by atoms with Gasteiger partial charge in [0.1, 0.15) is 18.1 Å². The Labute approximate surface area is 164 Å². The molecule has 1 aromatic rings. The van der Waals surface area contributed by atoms with Crippen LogP contribution >= 0.6 is 0 Å². The van der Waals surface area contributed by atoms with E-state index in [1.807, 2.05) is 0 Å². The molecule has 0 spiro atoms. The number of benzene rings is 1. The fraction of sp³-hybridized carbons (Fsp3) is 0.708. The molecule has 1 aromatic carbocycles. The molecule has 0 radical (unpaired) electrons. The van der Waals surface area contributed by atoms with E-state index in [1.165, 1.54) is 24.8 Å². The summed E-state index contributed by atoms with van der Waals surface area (Å²) in [6.45, 7) is 10.7. The molecular weight excluding hydrogens is 334 g/mol. The molecule has 0 unspecified atom stereocenters. The molecule has 0 bridgehead atoms. The average Bonchev–Trinajstić information content (AvgIpc) is 2.99. The molecule has 2 saturated carbocycles. The minimum absolute atomic E-state index is 0.281. The molecule has 0 aromatic heterocycles. The first-order valence-corrected chi connectivity index (χ1v) is 11.0. The maximum Gasteiger partial charge on any atom is 0.133 e. The van der Waals surface area contributed by atoms with E-state index in [-0.39, 0.29) is 5.41 Å². The molecule has 0 amide bonds. The lowest BCUT2D eigenvalue weighted by Crippen LogP contribution is -2.39. The second-order valence-corrected chi connectivity index (χ2v) is 9.26. The number of carbonyl (C=O) groups excluding carboxylic acids is 1. The van der Waals surface area contributed by atoms with Crippen molar-refractivity contribution in [1.29, 1.82) is 0 Å². The molecule has 0 heterocycles. The van der Waals surface area contributed by atoms with Crippen molar-refractivity contribution in [3.8, 4) is 5.75 Å². The number of hydrogen-bond donors (Lipinski definition) is 0. The lowest BCUT2D eigenvalue weighted by molar-refractivity contribution is -0.118. The van der Waals surface area contributed by atoms with Gasteiger partial charge in [-0.3, -0.25) is 4.79 Å². The molecule has 0 N–H and O–H groups in total. The maximum atomic E-state index is 12.2. The van der Waals surface area contributed by atoms with Crippen LogP contribution in [0.15, 0.2) is 18.2 Å². The Balaban J connectivity index is 1.45. The Bertz CT molecular complexity index is 696. The Morgan fingerprint density at radius 2 is 2.04 bits per heavy atom. The lowest BCUT2D eigenvalue weighted by Gasteiger charge is -2.48. The summed E-state index contributed by atoms with van der Waals surface area (Å²) in [4.78, 5) is 14.5. The van der Waals surface area contributed by atoms with E-state index in [0.717, 1.165) is 51.3 Å². The van der Waals surface area contributed by atoms with Crippen molar-refractivity contribution in [3.63, 3.8) is 0 Å². The number of ether oxygens (including phenoxy) is 1. The fourth-order valence-corrected chi connectivity index (χ4v) is 6.26. The molecule has 3 aliphatic carbocycles. The maximum absolute atomic E-state index is 12.2. The number of rotatable bonds is 6. The number of aryl methyl sites for hydroxylation is 1. The molecule has 3 nitrogen and oxygen atoms in total. The minimum Gasteiger partial charge on any atom is -0.492 e. The van der Waals surface area contributed by atoms with Crippen molar-refractivity contribution in [2.75, 3.05) is 26.2 Å². The van der Waals surface area contributed by atoms with Crippen LogP contribution < -0.4 is 4.74 Å². The number of nitrogens with zero attached hydrogens (tertiary/aromatic N) is 1. The molecule has 27 heavy (non-hydrogen) atoms. The summed E-state index contributed by atoms with van der Waals surface area (Å²) in [5, 5.41) is 0. The lowest BCUT2D eigenvalue weighted by atomic mass is 9.56. The van der Waals surface area contributed by atoms with Crippen LogP contribution in [0.5, 0.6) is 5.75 Å². The number of fused-ring (bicyclic) bond motifs is 5. The SMILES string of the molecule is CCN(CC)CCOc1ccc2c(c1)CC[C@@H]1[C@@H]2CC[C@]2(C)CC(=O)C[C@@H]12. The molecule has 0 saturated heterocycles. The van der Waals surface area contributed by atoms with E-state index in [2.05, 4.69) is 43.9 Å². The quantitative estimate of drug-likeness (QED) is 0.719. The van der Waals surface area contributed by atoms with Crippen molar-refractivity contribution < 1.29 is 9.53 Å². The van der Waals surface area contributed by atoms with Crippen LogP contribution in [0.2, 0.25) is 0 Å². The molecule has 2 fully saturated rings. The van der Waals surface area contributed by atoms with E-state index in [9.17, 15) is 4.79 Å². The van der Waals surface area contributed by atoms with Crippen LogP contribution in [0.1, 0.15) is 69.9 Å². The number of hydrogen-bond acceptors (Lipinski definition) is 3. The van der Waals surface area contributed by atoms with Crippen LogP contribution in [0.25, 0.3) is 0 Å². The summed E-state index contributed by atoms with van der Waals surface area (Å²) in [6, 6.07) is 6.80. The predicted molar refractivity (Wildman–Crippen MR) is 109 cm³/mol. The van der Waals surface area contributed by atoms with Gasteiger partial charge >= 0.3 is 0 Å². The van der Waals surface area contributed by atoms with Crippen LogP contribution in [-0.2, 0) is 11.2 Å². The Kier molecular flexibility index (Phi) is 5.33. The first-order valence-electron chi connectivity index (χ1n) is 11.0. The summed E-state index contributed by atoms with van der Waals surface area (Å²) < 4.78 is 6.06. The van der Waals surface area contributed by atoms with E-state index in [0.29, 0.717) is 23.5 Å². The fourth-order valence-electron chi connectivity index (χ4n) is 6.26. The molecule has 4 rings (SSSR count). The number of likely N-dealkylation sites (N-methyl/N-ethyl adjacent to an activating group) is 1. The monoisotopic (exact) mass is 369 g/mol. The third-order valence-corrected chi connectivity index (χ3v) is 7.84. The Morgan fingerprint density at radius 3 is 2.81 bits per heavy atom. The largest absolute Gasteiger partial charge is 0.492 e. The summed E-state index contributed by atoms with van der Waals surface area (Å²) in [7, 11) is 0. The smallest absolute Gasteiger partial charge is 0.133 e. The standard InChI is InChI=1S/C24H35NO2/c1-4-25(5-2)12-13-27-19-7-9-20-17(14-19)6-8-22-21(20)10-11-24(3)16-18(26)15-23(22)24/h7,9,14,21-23H,4-6,8,10-13,15-16H2,1-3H3/t21-,22-,23+,24-/m1/s1. The van der Waals surface area contributed by atoms with E-state index < -0.39 is 0 Å². The summed E-state index contributed by atoms with van der Waals surface area (Å²) >= 11 is 0. The third-order valence-electron chi connectivity index (χ3n) is 7.84. The van der Waals surface area contributed by atoms with E-state index in [1.54, 1.807) is 5.56 Å². The van der Waals surface area contributed by atoms with Gasteiger partial charge in [0, 0.05) is 19.4 Å². The molecule has 4 atom stereocenters. The second kappa shape index (κ2) is 7.58. The Hall–Kier alpha value is -1.35. The summed E-state index contributed by atoms with van der Waals surface area (Å²) in [5.41, 5.74) is 3.32. The van der Waals surface area contributed by atoms with E-state index >= 15 is 0 Å². The van der Waals surface area contributed by atoms with Gasteiger partial charge < -0.3 is 9.64 Å². The summed E-state index contributed by atoms with van der Waals surface area (Å²) in [5.74, 6) is 3.50. The van der Waals surface area contributed by atoms with Gasteiger partial charge in [-0.15, -0.1) is 0 Å². The number of Topliss-reactive ketones (excluding diaryl/α,β-unsaturated/α-hetero) is 1. The first-order chi connectivity index (χ1) is 13.0. The predicted octanol–water partition coefficient (Wildman–Crippen LogP) is 4.83. The van der Waals surface area contributed by atoms with Gasteiger partial charge in [0.2, 0.25) is 0 Å². The number of ketones is 1. The van der Waals surface area contributed by atoms with Crippen LogP contribution in [0, 0.1) is 17.3 Å². The zero-order chi connectivity index (χ0) is 19.0. The highest BCUT2D eigenvalue weighted by Crippen LogP contribution is 2.60. The van der Waals surface area contributed by atoms with Crippen molar-refractivity contribution in [2.24, 2.45) is 17.3 Å². The molecule has 3 heteroatoms. The van der Waals surface area contributed by atoms with Gasteiger partial charge in [0.05, 0.1) is 0 Å². The van der Waals surface area contributed by atoms with Crippen LogP contribution in [0.4, 0.5) is 0 Å². The zero-order valence-corrected chi connectivity index (χ0v) is 17.3. The molecule has 148 valence electrons. The Morgan fingerprint density at radius 1 is 1.22 bits per heavy atom. The number of carbonyl (C=O) groups is 1. The van der Waals surface area contributed by atoms with Gasteiger partial charge in [0.15, 0.2) is 0 Å². The van der Waals surface area contributed by atoms with Gasteiger partial charge in [-0.05, 0) is 85.2 Å². The third kappa shape index (κ3) is 3.55. The highest BCUT2D eigenvalue weighted by molar-refractivity contribution is 5.82. The van der Waals surface area contributed by atoms with E-state index in [4.69, 9.17) is 4.74 Å². The molecule has 0 aliphatic heterocycles. The summed E-state index contributed by atoms with van der Waals surface area (Å²) in [6.07, 6.45) is 6.51. The zero-order valence-electron chi connectivity index (χ0n) is 17.3. The molecule has 3 aliphatic rings. The van der Waals surface area contributed by atoms with Gasteiger partial charge in [-0.2, -0.15) is 0 Å². The van der Waals surface area contributed by atoms with Crippen LogP contribution in [-0.4, -0.2) is 36.9 Å². The van der Waals surface area contributed by atoms with Crippen molar-refractivity contribution in [1.82, 2.24) is 4.90 Å². The second-order valence-electron chi connectivity index (χ2n) is 9.26. The van der Waals surface area contributed by atoms with Gasteiger partial charge in [-0.25, -0.2) is 0 Å². The van der Waals surface area contributed by atoms with Crippen molar-refractivity contribution in [2.45, 2.75) is 65.2 Å². The van der Waals surface area contributed by atoms with Crippen molar-refractivity contribution >= 4 is 5.78 Å². The minimum atomic E-state index is 0.281.